The lowest BCUT2D eigenvalue weighted by Gasteiger charge is -2.10. The van der Waals surface area contributed by atoms with Crippen LogP contribution in [0.1, 0.15) is 11.1 Å². The van der Waals surface area contributed by atoms with Gasteiger partial charge in [0.25, 0.3) is 0 Å². The summed E-state index contributed by atoms with van der Waals surface area (Å²) in [6.07, 6.45) is 3.51. The summed E-state index contributed by atoms with van der Waals surface area (Å²) in [4.78, 5) is 17.0. The summed E-state index contributed by atoms with van der Waals surface area (Å²) in [5.41, 5.74) is 5.90. The minimum absolute atomic E-state index is 0.139. The van der Waals surface area contributed by atoms with Crippen LogP contribution in [0, 0.1) is 13.8 Å². The van der Waals surface area contributed by atoms with Crippen LogP contribution in [0.25, 0.3) is 16.8 Å². The van der Waals surface area contributed by atoms with Crippen LogP contribution in [0.15, 0.2) is 59.9 Å². The highest BCUT2D eigenvalue weighted by atomic mass is 32.2. The lowest BCUT2D eigenvalue weighted by molar-refractivity contribution is -0.113. The Labute approximate surface area is 190 Å². The molecule has 0 unspecified atom stereocenters. The molecule has 0 aliphatic rings. The fraction of sp³-hybridized carbons (Fsp3) is 0.208. The lowest BCUT2D eigenvalue weighted by atomic mass is 10.0. The van der Waals surface area contributed by atoms with Crippen LogP contribution in [0.3, 0.4) is 0 Å². The van der Waals surface area contributed by atoms with Crippen LogP contribution in [0.5, 0.6) is 11.5 Å². The molecule has 2 heterocycles. The molecule has 4 aromatic rings. The molecule has 0 aliphatic heterocycles. The Balaban J connectivity index is 1.49. The van der Waals surface area contributed by atoms with Crippen molar-refractivity contribution in [2.24, 2.45) is 0 Å². The van der Waals surface area contributed by atoms with Gasteiger partial charge in [-0.1, -0.05) is 23.9 Å². The Morgan fingerprint density at radius 2 is 1.84 bits per heavy atom. The number of nitrogens with zero attached hydrogens (tertiary/aromatic N) is 3. The average molecular weight is 449 g/mol. The van der Waals surface area contributed by atoms with Gasteiger partial charge in [0, 0.05) is 29.7 Å². The molecular formula is C24H24N4O3S. The summed E-state index contributed by atoms with van der Waals surface area (Å²) in [7, 11) is 3.13. The van der Waals surface area contributed by atoms with E-state index in [0.29, 0.717) is 17.2 Å². The smallest absolute Gasteiger partial charge is 0.234 e. The van der Waals surface area contributed by atoms with Crippen molar-refractivity contribution in [2.75, 3.05) is 25.3 Å². The van der Waals surface area contributed by atoms with E-state index in [0.717, 1.165) is 21.8 Å². The Kier molecular flexibility index (Phi) is 6.32. The number of methoxy groups -OCH3 is 2. The number of nitrogens with one attached hydrogen (secondary N) is 1. The number of benzene rings is 2. The van der Waals surface area contributed by atoms with Gasteiger partial charge < -0.3 is 14.8 Å². The maximum atomic E-state index is 12.5. The first kappa shape index (κ1) is 21.7. The number of fused-ring (bicyclic) bond motifs is 1. The molecule has 0 bridgehead atoms. The molecule has 0 saturated heterocycles. The molecule has 0 fully saturated rings. The van der Waals surface area contributed by atoms with E-state index >= 15 is 0 Å². The van der Waals surface area contributed by atoms with E-state index in [4.69, 9.17) is 9.47 Å². The molecular weight excluding hydrogens is 424 g/mol. The average Bonchev–Trinajstić information content (AvgIpc) is 3.24. The van der Waals surface area contributed by atoms with Crippen molar-refractivity contribution >= 4 is 28.9 Å². The van der Waals surface area contributed by atoms with Gasteiger partial charge in [-0.05, 0) is 49.2 Å². The summed E-state index contributed by atoms with van der Waals surface area (Å²) >= 11 is 1.37. The van der Waals surface area contributed by atoms with Gasteiger partial charge >= 0.3 is 0 Å². The van der Waals surface area contributed by atoms with Gasteiger partial charge in [-0.3, -0.25) is 4.79 Å². The van der Waals surface area contributed by atoms with Crippen molar-refractivity contribution in [2.45, 2.75) is 18.9 Å². The van der Waals surface area contributed by atoms with E-state index in [-0.39, 0.29) is 11.7 Å². The number of thioether (sulfide) groups is 1. The van der Waals surface area contributed by atoms with Gasteiger partial charge in [0.05, 0.1) is 31.2 Å². The van der Waals surface area contributed by atoms with E-state index in [9.17, 15) is 4.79 Å². The van der Waals surface area contributed by atoms with Crippen LogP contribution < -0.4 is 14.8 Å². The molecule has 2 aromatic heterocycles. The molecule has 0 radical (unpaired) electrons. The highest BCUT2D eigenvalue weighted by Crippen LogP contribution is 2.30. The van der Waals surface area contributed by atoms with E-state index in [1.165, 1.54) is 22.9 Å². The SMILES string of the molecule is COc1ccc(NC(=O)CSc2nccn3nc(-c4ccc(C)c(C)c4)cc23)cc1OC. The van der Waals surface area contributed by atoms with Gasteiger partial charge in [-0.2, -0.15) is 5.10 Å². The molecule has 1 amide bonds. The summed E-state index contributed by atoms with van der Waals surface area (Å²) < 4.78 is 12.3. The van der Waals surface area contributed by atoms with Gasteiger partial charge in [-0.25, -0.2) is 9.50 Å². The summed E-state index contributed by atoms with van der Waals surface area (Å²) in [6.45, 7) is 4.18. The fourth-order valence-corrected chi connectivity index (χ4v) is 4.07. The topological polar surface area (TPSA) is 77.8 Å². The monoisotopic (exact) mass is 448 g/mol. The van der Waals surface area contributed by atoms with Crippen molar-refractivity contribution < 1.29 is 14.3 Å². The maximum absolute atomic E-state index is 12.5. The number of aromatic nitrogens is 3. The maximum Gasteiger partial charge on any atom is 0.234 e. The van der Waals surface area contributed by atoms with Crippen LogP contribution in [-0.4, -0.2) is 40.5 Å². The number of amides is 1. The summed E-state index contributed by atoms with van der Waals surface area (Å²) in [6, 6.07) is 13.6. The Hall–Kier alpha value is -3.52. The van der Waals surface area contributed by atoms with Crippen LogP contribution >= 0.6 is 11.8 Å². The quantitative estimate of drug-likeness (QED) is 0.411. The number of carbonyl (C=O) groups excluding carboxylic acids is 1. The summed E-state index contributed by atoms with van der Waals surface area (Å²) in [5.74, 6) is 1.24. The second kappa shape index (κ2) is 9.32. The number of carbonyl (C=O) groups is 1. The molecule has 2 aromatic carbocycles. The van der Waals surface area contributed by atoms with Gasteiger partial charge in [-0.15, -0.1) is 0 Å². The van der Waals surface area contributed by atoms with Gasteiger partial charge in [0.1, 0.15) is 5.03 Å². The lowest BCUT2D eigenvalue weighted by Crippen LogP contribution is -2.14. The highest BCUT2D eigenvalue weighted by molar-refractivity contribution is 8.00. The normalized spacial score (nSPS) is 10.9. The number of anilines is 1. The predicted octanol–water partition coefficient (Wildman–Crippen LogP) is 4.76. The molecule has 1 N–H and O–H groups in total. The Bertz CT molecular complexity index is 1290. The number of aryl methyl sites for hydroxylation is 2. The molecule has 32 heavy (non-hydrogen) atoms. The molecule has 0 saturated carbocycles. The van der Waals surface area contributed by atoms with E-state index in [2.05, 4.69) is 47.4 Å². The second-order valence-corrected chi connectivity index (χ2v) is 8.26. The molecule has 7 nitrogen and oxygen atoms in total. The van der Waals surface area contributed by atoms with Crippen molar-refractivity contribution in [3.05, 3.63) is 66.0 Å². The Morgan fingerprint density at radius 1 is 1.03 bits per heavy atom. The third-order valence-electron chi connectivity index (χ3n) is 5.16. The minimum Gasteiger partial charge on any atom is -0.493 e. The standard InChI is InChI=1S/C24H24N4O3S/c1-15-5-6-17(11-16(15)2)19-13-20-24(25-9-10-28(20)27-19)32-14-23(29)26-18-7-8-21(30-3)22(12-18)31-4/h5-13H,14H2,1-4H3,(H,26,29). The molecule has 0 spiro atoms. The zero-order valence-electron chi connectivity index (χ0n) is 18.4. The van der Waals surface area contributed by atoms with Crippen LogP contribution in [0.2, 0.25) is 0 Å². The van der Waals surface area contributed by atoms with E-state index < -0.39 is 0 Å². The number of ether oxygens (including phenoxy) is 2. The number of hydrogen-bond donors (Lipinski definition) is 1. The fourth-order valence-electron chi connectivity index (χ4n) is 3.30. The third kappa shape index (κ3) is 4.55. The van der Waals surface area contributed by atoms with Crippen LogP contribution in [0.4, 0.5) is 5.69 Å². The zero-order chi connectivity index (χ0) is 22.7. The Morgan fingerprint density at radius 3 is 2.59 bits per heavy atom. The molecule has 0 atom stereocenters. The van der Waals surface area contributed by atoms with E-state index in [1.807, 2.05) is 12.3 Å². The van der Waals surface area contributed by atoms with Crippen LogP contribution in [-0.2, 0) is 4.79 Å². The second-order valence-electron chi connectivity index (χ2n) is 7.30. The third-order valence-corrected chi connectivity index (χ3v) is 6.16. The van der Waals surface area contributed by atoms with Crippen molar-refractivity contribution in [3.63, 3.8) is 0 Å². The molecule has 164 valence electrons. The molecule has 0 aliphatic carbocycles. The van der Waals surface area contributed by atoms with Crippen molar-refractivity contribution in [1.82, 2.24) is 14.6 Å². The molecule has 4 rings (SSSR count). The zero-order valence-corrected chi connectivity index (χ0v) is 19.2. The van der Waals surface area contributed by atoms with Crippen molar-refractivity contribution in [1.29, 1.82) is 0 Å². The van der Waals surface area contributed by atoms with Crippen molar-refractivity contribution in [3.8, 4) is 22.8 Å². The van der Waals surface area contributed by atoms with Gasteiger partial charge in [0.15, 0.2) is 11.5 Å². The van der Waals surface area contributed by atoms with E-state index in [1.54, 1.807) is 43.1 Å². The summed E-state index contributed by atoms with van der Waals surface area (Å²) in [5, 5.41) is 8.31. The first-order valence-corrected chi connectivity index (χ1v) is 11.0. The predicted molar refractivity (Wildman–Crippen MR) is 127 cm³/mol. The largest absolute Gasteiger partial charge is 0.493 e. The molecule has 8 heteroatoms. The number of hydrogen-bond acceptors (Lipinski definition) is 6. The first-order valence-electron chi connectivity index (χ1n) is 10.0. The first-order chi connectivity index (χ1) is 15.5. The van der Waals surface area contributed by atoms with Gasteiger partial charge in [0.2, 0.25) is 5.91 Å². The highest BCUT2D eigenvalue weighted by Gasteiger charge is 2.13. The number of rotatable bonds is 7. The minimum atomic E-state index is -0.139.